The van der Waals surface area contributed by atoms with Gasteiger partial charge >= 0.3 is 0 Å². The summed E-state index contributed by atoms with van der Waals surface area (Å²) in [7, 11) is 0. The summed E-state index contributed by atoms with van der Waals surface area (Å²) in [5.74, 6) is 2.49. The molecular weight excluding hydrogens is 278 g/mol. The highest BCUT2D eigenvalue weighted by molar-refractivity contribution is 5.64. The molecular formula is C22H25N. The molecule has 0 spiro atoms. The summed E-state index contributed by atoms with van der Waals surface area (Å²) in [6.45, 7) is 4.72. The van der Waals surface area contributed by atoms with Gasteiger partial charge in [-0.25, -0.2) is 0 Å². The molecule has 1 heteroatoms. The standard InChI is InChI=1S/C22H25N/c1-16(2)18-7-9-20(10-8-18)22-13-11-21(12-14-22)19-5-3-17(15-23)4-6-19/h3-6,11-14,16,18,20H,7-10H2,1-2H3/t18-,20-. The molecule has 0 aromatic heterocycles. The molecule has 1 saturated carbocycles. The molecule has 1 aliphatic rings. The maximum Gasteiger partial charge on any atom is 0.0991 e. The summed E-state index contributed by atoms with van der Waals surface area (Å²) in [6, 6.07) is 19.1. The SMILES string of the molecule is CC(C)[C@H]1CC[C@H](c2ccc(-c3ccc(C#N)cc3)cc2)CC1. The van der Waals surface area contributed by atoms with Crippen LogP contribution in [-0.2, 0) is 0 Å². The second-order valence-electron chi connectivity index (χ2n) is 7.17. The van der Waals surface area contributed by atoms with E-state index in [0.29, 0.717) is 5.56 Å². The van der Waals surface area contributed by atoms with Crippen molar-refractivity contribution in [3.63, 3.8) is 0 Å². The first-order chi connectivity index (χ1) is 11.2. The molecule has 0 heterocycles. The van der Waals surface area contributed by atoms with Crippen molar-refractivity contribution < 1.29 is 0 Å². The lowest BCUT2D eigenvalue weighted by atomic mass is 9.74. The van der Waals surface area contributed by atoms with Gasteiger partial charge in [0.05, 0.1) is 11.6 Å². The summed E-state index contributed by atoms with van der Waals surface area (Å²) in [6.07, 6.45) is 5.41. The summed E-state index contributed by atoms with van der Waals surface area (Å²) < 4.78 is 0. The van der Waals surface area contributed by atoms with Crippen LogP contribution in [0.4, 0.5) is 0 Å². The monoisotopic (exact) mass is 303 g/mol. The van der Waals surface area contributed by atoms with Crippen molar-refractivity contribution in [1.29, 1.82) is 5.26 Å². The minimum Gasteiger partial charge on any atom is -0.192 e. The van der Waals surface area contributed by atoms with Crippen molar-refractivity contribution in [2.75, 3.05) is 0 Å². The Labute approximate surface area is 140 Å². The molecule has 23 heavy (non-hydrogen) atoms. The van der Waals surface area contributed by atoms with Crippen molar-refractivity contribution in [2.24, 2.45) is 11.8 Å². The molecule has 1 nitrogen and oxygen atoms in total. The van der Waals surface area contributed by atoms with Crippen LogP contribution >= 0.6 is 0 Å². The van der Waals surface area contributed by atoms with E-state index in [1.54, 1.807) is 0 Å². The Morgan fingerprint density at radius 2 is 1.35 bits per heavy atom. The van der Waals surface area contributed by atoms with Gasteiger partial charge in [0.2, 0.25) is 0 Å². The molecule has 2 aromatic carbocycles. The van der Waals surface area contributed by atoms with Crippen molar-refractivity contribution >= 4 is 0 Å². The maximum absolute atomic E-state index is 8.88. The van der Waals surface area contributed by atoms with Crippen molar-refractivity contribution in [1.82, 2.24) is 0 Å². The third-order valence-corrected chi connectivity index (χ3v) is 5.44. The molecule has 0 amide bonds. The molecule has 2 aromatic rings. The Morgan fingerprint density at radius 1 is 0.826 bits per heavy atom. The predicted octanol–water partition coefficient (Wildman–Crippen LogP) is 6.16. The first-order valence-electron chi connectivity index (χ1n) is 8.78. The average molecular weight is 303 g/mol. The van der Waals surface area contributed by atoms with Crippen molar-refractivity contribution in [3.05, 3.63) is 59.7 Å². The molecule has 0 aliphatic heterocycles. The molecule has 0 bridgehead atoms. The second kappa shape index (κ2) is 7.01. The van der Waals surface area contributed by atoms with E-state index in [4.69, 9.17) is 5.26 Å². The second-order valence-corrected chi connectivity index (χ2v) is 7.17. The van der Waals surface area contributed by atoms with E-state index >= 15 is 0 Å². The van der Waals surface area contributed by atoms with Crippen LogP contribution in [0.3, 0.4) is 0 Å². The van der Waals surface area contributed by atoms with E-state index in [2.05, 4.69) is 44.2 Å². The van der Waals surface area contributed by atoms with Crippen LogP contribution in [0.1, 0.15) is 56.6 Å². The Balaban J connectivity index is 1.69. The minimum absolute atomic E-state index is 0.715. The van der Waals surface area contributed by atoms with Gasteiger partial charge in [-0.15, -0.1) is 0 Å². The topological polar surface area (TPSA) is 23.8 Å². The highest BCUT2D eigenvalue weighted by Crippen LogP contribution is 2.39. The normalized spacial score (nSPS) is 21.1. The van der Waals surface area contributed by atoms with Crippen LogP contribution < -0.4 is 0 Å². The number of benzene rings is 2. The fourth-order valence-corrected chi connectivity index (χ4v) is 3.80. The lowest BCUT2D eigenvalue weighted by molar-refractivity contribution is 0.259. The lowest BCUT2D eigenvalue weighted by Gasteiger charge is -2.31. The largest absolute Gasteiger partial charge is 0.192 e. The Hall–Kier alpha value is -2.07. The summed E-state index contributed by atoms with van der Waals surface area (Å²) in [5.41, 5.74) is 4.62. The van der Waals surface area contributed by atoms with Crippen LogP contribution in [0.15, 0.2) is 48.5 Å². The Kier molecular flexibility index (Phi) is 4.82. The van der Waals surface area contributed by atoms with Gasteiger partial charge in [0.1, 0.15) is 0 Å². The van der Waals surface area contributed by atoms with E-state index < -0.39 is 0 Å². The van der Waals surface area contributed by atoms with Crippen molar-refractivity contribution in [2.45, 2.75) is 45.4 Å². The van der Waals surface area contributed by atoms with Gasteiger partial charge in [0, 0.05) is 0 Å². The zero-order valence-corrected chi connectivity index (χ0v) is 14.1. The third kappa shape index (κ3) is 3.64. The maximum atomic E-state index is 8.88. The van der Waals surface area contributed by atoms with E-state index in [0.717, 1.165) is 17.8 Å². The first-order valence-corrected chi connectivity index (χ1v) is 8.78. The molecule has 1 aliphatic carbocycles. The molecule has 0 saturated heterocycles. The first kappa shape index (κ1) is 15.8. The predicted molar refractivity (Wildman–Crippen MR) is 96.1 cm³/mol. The van der Waals surface area contributed by atoms with Crippen LogP contribution in [0, 0.1) is 23.2 Å². The Bertz CT molecular complexity index is 665. The zero-order valence-electron chi connectivity index (χ0n) is 14.1. The van der Waals surface area contributed by atoms with Gasteiger partial charge in [-0.1, -0.05) is 50.2 Å². The smallest absolute Gasteiger partial charge is 0.0991 e. The van der Waals surface area contributed by atoms with Gasteiger partial charge in [-0.2, -0.15) is 5.26 Å². The van der Waals surface area contributed by atoms with Crippen LogP contribution in [0.5, 0.6) is 0 Å². The molecule has 3 rings (SSSR count). The number of nitriles is 1. The highest BCUT2D eigenvalue weighted by Gasteiger charge is 2.24. The van der Waals surface area contributed by atoms with Gasteiger partial charge < -0.3 is 0 Å². The minimum atomic E-state index is 0.715. The summed E-state index contributed by atoms with van der Waals surface area (Å²) in [4.78, 5) is 0. The molecule has 0 N–H and O–H groups in total. The van der Waals surface area contributed by atoms with Crippen LogP contribution in [0.2, 0.25) is 0 Å². The number of rotatable bonds is 3. The zero-order chi connectivity index (χ0) is 16.2. The quantitative estimate of drug-likeness (QED) is 0.666. The number of hydrogen-bond acceptors (Lipinski definition) is 1. The van der Waals surface area contributed by atoms with Gasteiger partial charge in [0.25, 0.3) is 0 Å². The fraction of sp³-hybridized carbons (Fsp3) is 0.409. The van der Waals surface area contributed by atoms with E-state index in [-0.39, 0.29) is 0 Å². The molecule has 0 radical (unpaired) electrons. The fourth-order valence-electron chi connectivity index (χ4n) is 3.80. The molecule has 118 valence electrons. The van der Waals surface area contributed by atoms with E-state index in [1.165, 1.54) is 42.4 Å². The molecule has 0 unspecified atom stereocenters. The van der Waals surface area contributed by atoms with Gasteiger partial charge in [-0.05, 0) is 72.3 Å². The number of nitrogens with zero attached hydrogens (tertiary/aromatic N) is 1. The molecule has 1 fully saturated rings. The van der Waals surface area contributed by atoms with Crippen LogP contribution in [0.25, 0.3) is 11.1 Å². The summed E-state index contributed by atoms with van der Waals surface area (Å²) in [5, 5.41) is 8.88. The average Bonchev–Trinajstić information content (AvgIpc) is 2.62. The highest BCUT2D eigenvalue weighted by atomic mass is 14.3. The van der Waals surface area contributed by atoms with Gasteiger partial charge in [-0.3, -0.25) is 0 Å². The van der Waals surface area contributed by atoms with Gasteiger partial charge in [0.15, 0.2) is 0 Å². The van der Waals surface area contributed by atoms with Crippen LogP contribution in [-0.4, -0.2) is 0 Å². The third-order valence-electron chi connectivity index (χ3n) is 5.44. The van der Waals surface area contributed by atoms with E-state index in [1.807, 2.05) is 24.3 Å². The Morgan fingerprint density at radius 3 is 1.83 bits per heavy atom. The number of hydrogen-bond donors (Lipinski definition) is 0. The van der Waals surface area contributed by atoms with Crippen molar-refractivity contribution in [3.8, 4) is 17.2 Å². The molecule has 0 atom stereocenters. The summed E-state index contributed by atoms with van der Waals surface area (Å²) >= 11 is 0. The lowest BCUT2D eigenvalue weighted by Crippen LogP contribution is -2.17. The van der Waals surface area contributed by atoms with E-state index in [9.17, 15) is 0 Å².